The molecule has 1 amide bonds. The fraction of sp³-hybridized carbons (Fsp3) is 0.333. The zero-order valence-corrected chi connectivity index (χ0v) is 15.3. The summed E-state index contributed by atoms with van der Waals surface area (Å²) >= 11 is 8.05. The van der Waals surface area contributed by atoms with Crippen molar-refractivity contribution in [1.82, 2.24) is 9.29 Å². The molecule has 0 radical (unpaired) electrons. The molecule has 0 aliphatic rings. The summed E-state index contributed by atoms with van der Waals surface area (Å²) in [5, 5.41) is 3.07. The van der Waals surface area contributed by atoms with Gasteiger partial charge in [0.05, 0.1) is 16.6 Å². The summed E-state index contributed by atoms with van der Waals surface area (Å²) in [6, 6.07) is 2.93. The van der Waals surface area contributed by atoms with Gasteiger partial charge in [-0.3, -0.25) is 4.79 Å². The van der Waals surface area contributed by atoms with E-state index in [2.05, 4.69) is 10.3 Å². The molecule has 0 unspecified atom stereocenters. The topological polar surface area (TPSA) is 79.4 Å². The van der Waals surface area contributed by atoms with Crippen molar-refractivity contribution in [2.45, 2.75) is 18.1 Å². The molecule has 0 aliphatic heterocycles. The lowest BCUT2D eigenvalue weighted by Crippen LogP contribution is -2.34. The van der Waals surface area contributed by atoms with Crippen LogP contribution in [0, 0.1) is 13.8 Å². The molecule has 0 spiro atoms. The number of likely N-dealkylation sites (N-methyl/N-ethyl adjacent to an activating group) is 1. The summed E-state index contributed by atoms with van der Waals surface area (Å²) in [5.41, 5.74) is 0.842. The number of halogens is 1. The number of thiophene rings is 1. The van der Waals surface area contributed by atoms with Gasteiger partial charge in [-0.1, -0.05) is 11.6 Å². The molecule has 0 atom stereocenters. The average molecular weight is 380 g/mol. The zero-order chi connectivity index (χ0) is 16.5. The number of anilines is 1. The van der Waals surface area contributed by atoms with Crippen LogP contribution < -0.4 is 5.32 Å². The molecule has 6 nitrogen and oxygen atoms in total. The lowest BCUT2D eigenvalue weighted by atomic mass is 10.4. The fourth-order valence-corrected chi connectivity index (χ4v) is 5.21. The first-order valence-corrected chi connectivity index (χ1v) is 9.61. The Kier molecular flexibility index (Phi) is 5.23. The maximum Gasteiger partial charge on any atom is 0.252 e. The van der Waals surface area contributed by atoms with Gasteiger partial charge in [-0.15, -0.1) is 22.7 Å². The van der Waals surface area contributed by atoms with E-state index in [4.69, 9.17) is 11.6 Å². The molecule has 2 heterocycles. The number of carbonyl (C=O) groups excluding carboxylic acids is 1. The Bertz CT molecular complexity index is 778. The number of hydrogen-bond donors (Lipinski definition) is 1. The summed E-state index contributed by atoms with van der Waals surface area (Å²) in [5.74, 6) is -0.442. The van der Waals surface area contributed by atoms with Crippen LogP contribution in [0.15, 0.2) is 16.3 Å². The van der Waals surface area contributed by atoms with Crippen LogP contribution in [0.4, 0.5) is 5.13 Å². The number of amides is 1. The van der Waals surface area contributed by atoms with Crippen molar-refractivity contribution in [2.75, 3.05) is 18.9 Å². The fourth-order valence-electron chi connectivity index (χ4n) is 1.56. The second-order valence-corrected chi connectivity index (χ2v) is 9.72. The molecule has 0 saturated carbocycles. The minimum absolute atomic E-state index is 0.105. The summed E-state index contributed by atoms with van der Waals surface area (Å²) < 4.78 is 26.0. The van der Waals surface area contributed by atoms with Crippen molar-refractivity contribution < 1.29 is 13.2 Å². The number of carbonyl (C=O) groups is 1. The van der Waals surface area contributed by atoms with E-state index in [9.17, 15) is 13.2 Å². The van der Waals surface area contributed by atoms with E-state index in [0.29, 0.717) is 9.47 Å². The average Bonchev–Trinajstić information content (AvgIpc) is 2.96. The summed E-state index contributed by atoms with van der Waals surface area (Å²) in [4.78, 5) is 17.1. The van der Waals surface area contributed by atoms with Gasteiger partial charge < -0.3 is 5.32 Å². The predicted octanol–water partition coefficient (Wildman–Crippen LogP) is 2.73. The van der Waals surface area contributed by atoms with Crippen LogP contribution in [0.3, 0.4) is 0 Å². The first kappa shape index (κ1) is 17.4. The van der Waals surface area contributed by atoms with E-state index < -0.39 is 15.9 Å². The first-order chi connectivity index (χ1) is 10.2. The molecular weight excluding hydrogens is 366 g/mol. The van der Waals surface area contributed by atoms with E-state index in [-0.39, 0.29) is 10.8 Å². The second kappa shape index (κ2) is 6.63. The number of aromatic nitrogens is 1. The Hall–Kier alpha value is -1.000. The minimum Gasteiger partial charge on any atom is -0.301 e. The van der Waals surface area contributed by atoms with Crippen molar-refractivity contribution in [1.29, 1.82) is 0 Å². The zero-order valence-electron chi connectivity index (χ0n) is 12.1. The van der Waals surface area contributed by atoms with Crippen LogP contribution in [0.1, 0.15) is 10.6 Å². The summed E-state index contributed by atoms with van der Waals surface area (Å²) in [7, 11) is -2.37. The third kappa shape index (κ3) is 3.85. The molecule has 22 heavy (non-hydrogen) atoms. The molecular formula is C12H14ClN3O3S3. The van der Waals surface area contributed by atoms with Crippen molar-refractivity contribution in [3.05, 3.63) is 27.0 Å². The number of nitrogens with zero attached hydrogens (tertiary/aromatic N) is 2. The molecule has 10 heteroatoms. The van der Waals surface area contributed by atoms with Gasteiger partial charge in [0.25, 0.3) is 10.0 Å². The monoisotopic (exact) mass is 379 g/mol. The molecule has 2 rings (SSSR count). The SMILES string of the molecule is Cc1nc(NC(=O)CN(C)S(=O)(=O)c2ccc(Cl)s2)sc1C. The highest BCUT2D eigenvalue weighted by Crippen LogP contribution is 2.27. The van der Waals surface area contributed by atoms with E-state index in [0.717, 1.165) is 26.2 Å². The number of aryl methyl sites for hydroxylation is 2. The third-order valence-corrected chi connectivity index (χ3v) is 7.34. The smallest absolute Gasteiger partial charge is 0.252 e. The number of rotatable bonds is 5. The summed E-state index contributed by atoms with van der Waals surface area (Å²) in [6.07, 6.45) is 0. The van der Waals surface area contributed by atoms with Crippen LogP contribution >= 0.6 is 34.3 Å². The van der Waals surface area contributed by atoms with Crippen LogP contribution in [-0.4, -0.2) is 37.2 Å². The molecule has 2 aromatic heterocycles. The highest BCUT2D eigenvalue weighted by Gasteiger charge is 2.25. The Morgan fingerprint density at radius 2 is 2.05 bits per heavy atom. The van der Waals surface area contributed by atoms with E-state index >= 15 is 0 Å². The molecule has 0 saturated heterocycles. The number of sulfonamides is 1. The highest BCUT2D eigenvalue weighted by atomic mass is 35.5. The minimum atomic E-state index is -3.72. The van der Waals surface area contributed by atoms with Gasteiger partial charge >= 0.3 is 0 Å². The predicted molar refractivity (Wildman–Crippen MR) is 89.4 cm³/mol. The van der Waals surface area contributed by atoms with Gasteiger partial charge in [0.2, 0.25) is 5.91 Å². The number of thiazole rings is 1. The van der Waals surface area contributed by atoms with Gasteiger partial charge in [0.15, 0.2) is 5.13 Å². The number of hydrogen-bond acceptors (Lipinski definition) is 6. The third-order valence-electron chi connectivity index (χ3n) is 2.85. The van der Waals surface area contributed by atoms with Crippen molar-refractivity contribution in [3.63, 3.8) is 0 Å². The Morgan fingerprint density at radius 1 is 1.36 bits per heavy atom. The molecule has 120 valence electrons. The van der Waals surface area contributed by atoms with Crippen molar-refractivity contribution >= 4 is 55.3 Å². The van der Waals surface area contributed by atoms with E-state index in [1.165, 1.54) is 30.5 Å². The van der Waals surface area contributed by atoms with E-state index in [1.54, 1.807) is 0 Å². The van der Waals surface area contributed by atoms with Gasteiger partial charge in [-0.25, -0.2) is 13.4 Å². The van der Waals surface area contributed by atoms with Crippen LogP contribution in [0.5, 0.6) is 0 Å². The second-order valence-electron chi connectivity index (χ2n) is 4.53. The standard InChI is InChI=1S/C12H14ClN3O3S3/c1-7-8(2)20-12(14-7)15-10(17)6-16(3)22(18,19)11-5-4-9(13)21-11/h4-5H,6H2,1-3H3,(H,14,15,17). The largest absolute Gasteiger partial charge is 0.301 e. The molecule has 0 bridgehead atoms. The van der Waals surface area contributed by atoms with Crippen LogP contribution in [0.2, 0.25) is 4.34 Å². The lowest BCUT2D eigenvalue weighted by Gasteiger charge is -2.14. The highest BCUT2D eigenvalue weighted by molar-refractivity contribution is 7.91. The molecule has 0 fully saturated rings. The molecule has 1 N–H and O–H groups in total. The van der Waals surface area contributed by atoms with Crippen LogP contribution in [-0.2, 0) is 14.8 Å². The number of nitrogens with one attached hydrogen (secondary N) is 1. The van der Waals surface area contributed by atoms with Crippen molar-refractivity contribution in [2.24, 2.45) is 0 Å². The van der Waals surface area contributed by atoms with Gasteiger partial charge in [0, 0.05) is 11.9 Å². The van der Waals surface area contributed by atoms with Gasteiger partial charge in [-0.2, -0.15) is 4.31 Å². The normalized spacial score (nSPS) is 11.9. The van der Waals surface area contributed by atoms with Gasteiger partial charge in [-0.05, 0) is 26.0 Å². The van der Waals surface area contributed by atoms with E-state index in [1.807, 2.05) is 13.8 Å². The molecule has 0 aliphatic carbocycles. The summed E-state index contributed by atoms with van der Waals surface area (Å²) in [6.45, 7) is 3.45. The quantitative estimate of drug-likeness (QED) is 0.866. The lowest BCUT2D eigenvalue weighted by molar-refractivity contribution is -0.116. The Morgan fingerprint density at radius 3 is 2.55 bits per heavy atom. The first-order valence-electron chi connectivity index (χ1n) is 6.15. The van der Waals surface area contributed by atoms with Crippen molar-refractivity contribution in [3.8, 4) is 0 Å². The Balaban J connectivity index is 2.04. The molecule has 0 aromatic carbocycles. The molecule has 2 aromatic rings. The maximum absolute atomic E-state index is 12.3. The van der Waals surface area contributed by atoms with Gasteiger partial charge in [0.1, 0.15) is 4.21 Å². The maximum atomic E-state index is 12.3. The van der Waals surface area contributed by atoms with Crippen LogP contribution in [0.25, 0.3) is 0 Å². The Labute approximate surface area is 141 Å².